The number of ether oxygens (including phenoxy) is 1. The summed E-state index contributed by atoms with van der Waals surface area (Å²) in [5.41, 5.74) is 0.530. The lowest BCUT2D eigenvalue weighted by Gasteiger charge is -2.17. The average Bonchev–Trinajstić information content (AvgIpc) is 2.43. The summed E-state index contributed by atoms with van der Waals surface area (Å²) in [6, 6.07) is 3.30. The van der Waals surface area contributed by atoms with Crippen LogP contribution in [-0.2, 0) is 4.74 Å². The van der Waals surface area contributed by atoms with Crippen LogP contribution in [0.5, 0.6) is 0 Å². The zero-order chi connectivity index (χ0) is 15.0. The first-order valence-electron chi connectivity index (χ1n) is 6.83. The molecule has 0 saturated carbocycles. The highest BCUT2D eigenvalue weighted by Crippen LogP contribution is 2.16. The van der Waals surface area contributed by atoms with Crippen molar-refractivity contribution in [2.24, 2.45) is 0 Å². The Bertz CT molecular complexity index is 440. The molecular formula is C14H22ClN3O2. The number of hydrogen-bond donors (Lipinski definition) is 1. The van der Waals surface area contributed by atoms with Crippen LogP contribution in [0.25, 0.3) is 0 Å². The molecule has 6 heteroatoms. The fourth-order valence-corrected chi connectivity index (χ4v) is 1.84. The van der Waals surface area contributed by atoms with E-state index in [0.29, 0.717) is 36.3 Å². The second-order valence-corrected chi connectivity index (χ2v) is 4.80. The molecule has 20 heavy (non-hydrogen) atoms. The predicted molar refractivity (Wildman–Crippen MR) is 81.5 cm³/mol. The molecule has 1 aromatic heterocycles. The molecule has 0 spiro atoms. The third-order valence-electron chi connectivity index (χ3n) is 2.72. The number of rotatable bonds is 8. The van der Waals surface area contributed by atoms with Gasteiger partial charge in [0.25, 0.3) is 5.91 Å². The summed E-state index contributed by atoms with van der Waals surface area (Å²) >= 11 is 5.96. The van der Waals surface area contributed by atoms with E-state index >= 15 is 0 Å². The minimum atomic E-state index is -0.0893. The number of carbonyl (C=O) groups excluding carboxylic acids is 1. The SMILES string of the molecule is CCCNc1cc(C(=O)N(C)CCOCC)cc(Cl)n1. The maximum Gasteiger partial charge on any atom is 0.253 e. The zero-order valence-corrected chi connectivity index (χ0v) is 13.0. The molecule has 0 unspecified atom stereocenters. The van der Waals surface area contributed by atoms with Gasteiger partial charge >= 0.3 is 0 Å². The predicted octanol–water partition coefficient (Wildman–Crippen LogP) is 2.67. The monoisotopic (exact) mass is 299 g/mol. The smallest absolute Gasteiger partial charge is 0.253 e. The van der Waals surface area contributed by atoms with Crippen molar-refractivity contribution in [3.8, 4) is 0 Å². The fraction of sp³-hybridized carbons (Fsp3) is 0.571. The second kappa shape index (κ2) is 8.76. The van der Waals surface area contributed by atoms with Crippen LogP contribution in [0, 0.1) is 0 Å². The standard InChI is InChI=1S/C14H22ClN3O2/c1-4-6-16-13-10-11(9-12(15)17-13)14(19)18(3)7-8-20-5-2/h9-10H,4-8H2,1-3H3,(H,16,17). The minimum Gasteiger partial charge on any atom is -0.380 e. The Morgan fingerprint density at radius 1 is 1.45 bits per heavy atom. The van der Waals surface area contributed by atoms with Crippen molar-refractivity contribution >= 4 is 23.3 Å². The van der Waals surface area contributed by atoms with E-state index in [1.54, 1.807) is 24.1 Å². The van der Waals surface area contributed by atoms with E-state index in [1.807, 2.05) is 6.92 Å². The van der Waals surface area contributed by atoms with E-state index in [1.165, 1.54) is 0 Å². The summed E-state index contributed by atoms with van der Waals surface area (Å²) in [4.78, 5) is 18.0. The lowest BCUT2D eigenvalue weighted by Crippen LogP contribution is -2.30. The highest BCUT2D eigenvalue weighted by molar-refractivity contribution is 6.29. The van der Waals surface area contributed by atoms with Crippen LogP contribution in [-0.4, -0.2) is 49.1 Å². The number of carbonyl (C=O) groups is 1. The number of nitrogens with zero attached hydrogens (tertiary/aromatic N) is 2. The first kappa shape index (κ1) is 16.7. The van der Waals surface area contributed by atoms with Crippen molar-refractivity contribution in [1.29, 1.82) is 0 Å². The second-order valence-electron chi connectivity index (χ2n) is 4.41. The summed E-state index contributed by atoms with van der Waals surface area (Å²) in [7, 11) is 1.74. The van der Waals surface area contributed by atoms with Crippen molar-refractivity contribution < 1.29 is 9.53 Å². The lowest BCUT2D eigenvalue weighted by molar-refractivity contribution is 0.0710. The molecule has 1 rings (SSSR count). The molecule has 1 amide bonds. The molecule has 0 bridgehead atoms. The van der Waals surface area contributed by atoms with E-state index in [9.17, 15) is 4.79 Å². The highest BCUT2D eigenvalue weighted by Gasteiger charge is 2.13. The van der Waals surface area contributed by atoms with Crippen molar-refractivity contribution in [2.45, 2.75) is 20.3 Å². The molecule has 0 atom stereocenters. The number of likely N-dealkylation sites (N-methyl/N-ethyl adjacent to an activating group) is 1. The summed E-state index contributed by atoms with van der Waals surface area (Å²) in [6.45, 7) is 6.50. The summed E-state index contributed by atoms with van der Waals surface area (Å²) < 4.78 is 5.25. The van der Waals surface area contributed by atoms with Gasteiger partial charge in [-0.15, -0.1) is 0 Å². The lowest BCUT2D eigenvalue weighted by atomic mass is 10.2. The Balaban J connectivity index is 2.73. The van der Waals surface area contributed by atoms with Gasteiger partial charge in [0.2, 0.25) is 0 Å². The van der Waals surface area contributed by atoms with Gasteiger partial charge < -0.3 is 15.0 Å². The molecule has 1 aromatic rings. The number of halogens is 1. The van der Waals surface area contributed by atoms with Gasteiger partial charge in [-0.05, 0) is 25.5 Å². The molecule has 1 heterocycles. The van der Waals surface area contributed by atoms with E-state index in [-0.39, 0.29) is 5.91 Å². The zero-order valence-electron chi connectivity index (χ0n) is 12.3. The Morgan fingerprint density at radius 3 is 2.85 bits per heavy atom. The topological polar surface area (TPSA) is 54.5 Å². The molecule has 0 saturated heterocycles. The molecule has 0 aliphatic rings. The number of pyridine rings is 1. The normalized spacial score (nSPS) is 10.4. The van der Waals surface area contributed by atoms with Gasteiger partial charge in [0.05, 0.1) is 6.61 Å². The van der Waals surface area contributed by atoms with Gasteiger partial charge in [-0.1, -0.05) is 18.5 Å². The first-order chi connectivity index (χ1) is 9.58. The molecule has 0 radical (unpaired) electrons. The highest BCUT2D eigenvalue weighted by atomic mass is 35.5. The van der Waals surface area contributed by atoms with Crippen LogP contribution < -0.4 is 5.32 Å². The van der Waals surface area contributed by atoms with Crippen LogP contribution in [0.2, 0.25) is 5.15 Å². The molecule has 0 aromatic carbocycles. The van der Waals surface area contributed by atoms with Crippen LogP contribution >= 0.6 is 11.6 Å². The third-order valence-corrected chi connectivity index (χ3v) is 2.91. The van der Waals surface area contributed by atoms with E-state index < -0.39 is 0 Å². The molecule has 0 aliphatic heterocycles. The van der Waals surface area contributed by atoms with Crippen LogP contribution in [0.1, 0.15) is 30.6 Å². The Hall–Kier alpha value is -1.33. The van der Waals surface area contributed by atoms with Crippen molar-refractivity contribution in [3.05, 3.63) is 22.8 Å². The molecule has 1 N–H and O–H groups in total. The van der Waals surface area contributed by atoms with E-state index in [0.717, 1.165) is 13.0 Å². The van der Waals surface area contributed by atoms with E-state index in [4.69, 9.17) is 16.3 Å². The van der Waals surface area contributed by atoms with Gasteiger partial charge in [-0.3, -0.25) is 4.79 Å². The molecule has 5 nitrogen and oxygen atoms in total. The van der Waals surface area contributed by atoms with Crippen molar-refractivity contribution in [3.63, 3.8) is 0 Å². The Morgan fingerprint density at radius 2 is 2.20 bits per heavy atom. The fourth-order valence-electron chi connectivity index (χ4n) is 1.63. The van der Waals surface area contributed by atoms with Gasteiger partial charge in [-0.25, -0.2) is 4.98 Å². The van der Waals surface area contributed by atoms with Gasteiger partial charge in [0.15, 0.2) is 0 Å². The average molecular weight is 300 g/mol. The summed E-state index contributed by atoms with van der Waals surface area (Å²) in [6.07, 6.45) is 0.978. The van der Waals surface area contributed by atoms with Gasteiger partial charge in [0, 0.05) is 32.3 Å². The van der Waals surface area contributed by atoms with E-state index in [2.05, 4.69) is 17.2 Å². The molecule has 0 aliphatic carbocycles. The van der Waals surface area contributed by atoms with Crippen molar-refractivity contribution in [2.75, 3.05) is 38.7 Å². The Labute approximate surface area is 125 Å². The van der Waals surface area contributed by atoms with Gasteiger partial charge in [0.1, 0.15) is 11.0 Å². The number of hydrogen-bond acceptors (Lipinski definition) is 4. The number of anilines is 1. The molecule has 112 valence electrons. The van der Waals surface area contributed by atoms with Crippen LogP contribution in [0.15, 0.2) is 12.1 Å². The number of nitrogens with one attached hydrogen (secondary N) is 1. The third kappa shape index (κ3) is 5.35. The minimum absolute atomic E-state index is 0.0893. The molecule has 0 fully saturated rings. The molecular weight excluding hydrogens is 278 g/mol. The van der Waals surface area contributed by atoms with Crippen molar-refractivity contribution in [1.82, 2.24) is 9.88 Å². The largest absolute Gasteiger partial charge is 0.380 e. The summed E-state index contributed by atoms with van der Waals surface area (Å²) in [5, 5.41) is 3.44. The first-order valence-corrected chi connectivity index (χ1v) is 7.21. The summed E-state index contributed by atoms with van der Waals surface area (Å²) in [5.74, 6) is 0.537. The Kier molecular flexibility index (Phi) is 7.33. The van der Waals surface area contributed by atoms with Crippen LogP contribution in [0.4, 0.5) is 5.82 Å². The maximum atomic E-state index is 12.3. The number of amides is 1. The number of aromatic nitrogens is 1. The maximum absolute atomic E-state index is 12.3. The quantitative estimate of drug-likeness (QED) is 0.592. The van der Waals surface area contributed by atoms with Gasteiger partial charge in [-0.2, -0.15) is 0 Å². The van der Waals surface area contributed by atoms with Crippen LogP contribution in [0.3, 0.4) is 0 Å².